The standard InChI is InChI=1S/C13H17NO5S/c1-17-13(16)10(19-12-3-2-8-20-12)9-11(15)14-4-6-18-7-5-14/h2-3,8,10H,4-7,9H2,1H3. The summed E-state index contributed by atoms with van der Waals surface area (Å²) in [5, 5.41) is 2.43. The molecule has 1 atom stereocenters. The van der Waals surface area contributed by atoms with Gasteiger partial charge in [-0.15, -0.1) is 11.3 Å². The SMILES string of the molecule is COC(=O)C(CC(=O)N1CCOCC1)Oc1cccs1. The van der Waals surface area contributed by atoms with Crippen molar-refractivity contribution in [3.05, 3.63) is 17.5 Å². The van der Waals surface area contributed by atoms with Crippen molar-refractivity contribution >= 4 is 23.2 Å². The van der Waals surface area contributed by atoms with Crippen molar-refractivity contribution in [3.63, 3.8) is 0 Å². The number of thiophene rings is 1. The van der Waals surface area contributed by atoms with Crippen molar-refractivity contribution in [1.82, 2.24) is 4.90 Å². The minimum absolute atomic E-state index is 0.0232. The molecule has 0 aromatic carbocycles. The largest absolute Gasteiger partial charge is 0.469 e. The minimum atomic E-state index is -0.908. The van der Waals surface area contributed by atoms with Gasteiger partial charge in [0.2, 0.25) is 12.0 Å². The maximum Gasteiger partial charge on any atom is 0.347 e. The van der Waals surface area contributed by atoms with Crippen molar-refractivity contribution < 1.29 is 23.8 Å². The summed E-state index contributed by atoms with van der Waals surface area (Å²) in [5.41, 5.74) is 0. The first-order valence-corrected chi connectivity index (χ1v) is 7.22. The highest BCUT2D eigenvalue weighted by Gasteiger charge is 2.28. The third kappa shape index (κ3) is 3.94. The minimum Gasteiger partial charge on any atom is -0.469 e. The summed E-state index contributed by atoms with van der Waals surface area (Å²) in [6.07, 6.45) is -0.932. The molecular weight excluding hydrogens is 282 g/mol. The summed E-state index contributed by atoms with van der Waals surface area (Å²) < 4.78 is 15.4. The number of amides is 1. The number of ether oxygens (including phenoxy) is 3. The molecule has 0 saturated carbocycles. The Labute approximate surface area is 121 Å². The number of esters is 1. The second-order valence-electron chi connectivity index (χ2n) is 4.26. The smallest absolute Gasteiger partial charge is 0.347 e. The second kappa shape index (κ2) is 7.25. The average molecular weight is 299 g/mol. The van der Waals surface area contributed by atoms with Crippen LogP contribution in [0.2, 0.25) is 0 Å². The zero-order chi connectivity index (χ0) is 14.4. The van der Waals surface area contributed by atoms with Gasteiger partial charge in [0, 0.05) is 13.1 Å². The van der Waals surface area contributed by atoms with Crippen LogP contribution in [0.1, 0.15) is 6.42 Å². The van der Waals surface area contributed by atoms with E-state index in [1.807, 2.05) is 11.4 Å². The summed E-state index contributed by atoms with van der Waals surface area (Å²) in [5.74, 6) is -0.666. The molecule has 0 radical (unpaired) electrons. The van der Waals surface area contributed by atoms with E-state index in [2.05, 4.69) is 0 Å². The highest BCUT2D eigenvalue weighted by molar-refractivity contribution is 7.11. The quantitative estimate of drug-likeness (QED) is 0.756. The molecule has 110 valence electrons. The fraction of sp³-hybridized carbons (Fsp3) is 0.538. The molecule has 1 saturated heterocycles. The Morgan fingerprint density at radius 1 is 1.45 bits per heavy atom. The van der Waals surface area contributed by atoms with Crippen LogP contribution >= 0.6 is 11.3 Å². The van der Waals surface area contributed by atoms with Crippen LogP contribution in [0.15, 0.2) is 17.5 Å². The first kappa shape index (κ1) is 14.8. The maximum absolute atomic E-state index is 12.1. The Balaban J connectivity index is 1.96. The summed E-state index contributed by atoms with van der Waals surface area (Å²) >= 11 is 1.37. The molecule has 1 aliphatic heterocycles. The molecule has 1 amide bonds. The molecule has 7 heteroatoms. The van der Waals surface area contributed by atoms with E-state index >= 15 is 0 Å². The average Bonchev–Trinajstić information content (AvgIpc) is 2.99. The normalized spacial score (nSPS) is 16.6. The van der Waals surface area contributed by atoms with Crippen LogP contribution < -0.4 is 4.74 Å². The molecule has 2 rings (SSSR count). The lowest BCUT2D eigenvalue weighted by Crippen LogP contribution is -2.43. The zero-order valence-corrected chi connectivity index (χ0v) is 12.1. The van der Waals surface area contributed by atoms with E-state index in [1.165, 1.54) is 18.4 Å². The summed E-state index contributed by atoms with van der Waals surface area (Å²) in [6.45, 7) is 2.15. The molecule has 20 heavy (non-hydrogen) atoms. The van der Waals surface area contributed by atoms with Gasteiger partial charge in [0.05, 0.1) is 26.7 Å². The molecule has 2 heterocycles. The predicted molar refractivity (Wildman–Crippen MR) is 72.8 cm³/mol. The van der Waals surface area contributed by atoms with E-state index in [9.17, 15) is 9.59 Å². The van der Waals surface area contributed by atoms with Gasteiger partial charge in [-0.05, 0) is 17.5 Å². The Kier molecular flexibility index (Phi) is 5.37. The Hall–Kier alpha value is -1.60. The van der Waals surface area contributed by atoms with Crippen LogP contribution in [0.5, 0.6) is 5.06 Å². The van der Waals surface area contributed by atoms with Gasteiger partial charge in [-0.2, -0.15) is 0 Å². The summed E-state index contributed by atoms with van der Waals surface area (Å²) in [4.78, 5) is 25.5. The summed E-state index contributed by atoms with van der Waals surface area (Å²) in [6, 6.07) is 3.57. The highest BCUT2D eigenvalue weighted by Crippen LogP contribution is 2.21. The highest BCUT2D eigenvalue weighted by atomic mass is 32.1. The molecule has 0 N–H and O–H groups in total. The molecule has 1 fully saturated rings. The van der Waals surface area contributed by atoms with Crippen molar-refractivity contribution in [2.75, 3.05) is 33.4 Å². The van der Waals surface area contributed by atoms with Gasteiger partial charge in [0.25, 0.3) is 0 Å². The second-order valence-corrected chi connectivity index (χ2v) is 5.17. The number of hydrogen-bond acceptors (Lipinski definition) is 6. The Morgan fingerprint density at radius 3 is 2.80 bits per heavy atom. The fourth-order valence-corrected chi connectivity index (χ4v) is 2.50. The molecule has 0 bridgehead atoms. The van der Waals surface area contributed by atoms with Crippen LogP contribution in [0.4, 0.5) is 0 Å². The van der Waals surface area contributed by atoms with Gasteiger partial charge in [-0.3, -0.25) is 4.79 Å². The first-order chi connectivity index (χ1) is 9.70. The number of carbonyl (C=O) groups is 2. The number of nitrogens with zero attached hydrogens (tertiary/aromatic N) is 1. The van der Waals surface area contributed by atoms with Crippen LogP contribution in [-0.2, 0) is 19.1 Å². The number of morpholine rings is 1. The fourth-order valence-electron chi connectivity index (χ4n) is 1.88. The van der Waals surface area contributed by atoms with Crippen LogP contribution in [-0.4, -0.2) is 56.3 Å². The van der Waals surface area contributed by atoms with E-state index in [0.29, 0.717) is 31.4 Å². The third-order valence-electron chi connectivity index (χ3n) is 2.94. The van der Waals surface area contributed by atoms with Crippen molar-refractivity contribution in [3.8, 4) is 5.06 Å². The van der Waals surface area contributed by atoms with Gasteiger partial charge < -0.3 is 19.1 Å². The number of carbonyl (C=O) groups excluding carboxylic acids is 2. The number of methoxy groups -OCH3 is 1. The lowest BCUT2D eigenvalue weighted by atomic mass is 10.2. The Bertz CT molecular complexity index is 442. The van der Waals surface area contributed by atoms with Crippen molar-refractivity contribution in [2.24, 2.45) is 0 Å². The third-order valence-corrected chi connectivity index (χ3v) is 3.70. The molecule has 1 aromatic heterocycles. The van der Waals surface area contributed by atoms with E-state index in [1.54, 1.807) is 11.0 Å². The van der Waals surface area contributed by atoms with Gasteiger partial charge >= 0.3 is 5.97 Å². The van der Waals surface area contributed by atoms with Crippen molar-refractivity contribution in [2.45, 2.75) is 12.5 Å². The molecular formula is C13H17NO5S. The lowest BCUT2D eigenvalue weighted by molar-refractivity contribution is -0.153. The molecule has 1 aliphatic rings. The first-order valence-electron chi connectivity index (χ1n) is 6.34. The van der Waals surface area contributed by atoms with Crippen molar-refractivity contribution in [1.29, 1.82) is 0 Å². The monoisotopic (exact) mass is 299 g/mol. The molecule has 1 aromatic rings. The van der Waals surface area contributed by atoms with Gasteiger partial charge in [0.1, 0.15) is 0 Å². The Morgan fingerprint density at radius 2 is 2.20 bits per heavy atom. The predicted octanol–water partition coefficient (Wildman–Crippen LogP) is 0.917. The van der Waals surface area contributed by atoms with Crippen LogP contribution in [0, 0.1) is 0 Å². The maximum atomic E-state index is 12.1. The molecule has 1 unspecified atom stereocenters. The molecule has 0 spiro atoms. The van der Waals surface area contributed by atoms with E-state index < -0.39 is 12.1 Å². The van der Waals surface area contributed by atoms with E-state index in [-0.39, 0.29) is 12.3 Å². The van der Waals surface area contributed by atoms with Crippen LogP contribution in [0.3, 0.4) is 0 Å². The van der Waals surface area contributed by atoms with Gasteiger partial charge in [0.15, 0.2) is 5.06 Å². The van der Waals surface area contributed by atoms with Gasteiger partial charge in [-0.1, -0.05) is 0 Å². The van der Waals surface area contributed by atoms with Crippen LogP contribution in [0.25, 0.3) is 0 Å². The van der Waals surface area contributed by atoms with Gasteiger partial charge in [-0.25, -0.2) is 4.79 Å². The lowest BCUT2D eigenvalue weighted by Gasteiger charge is -2.28. The summed E-state index contributed by atoms with van der Waals surface area (Å²) in [7, 11) is 1.28. The topological polar surface area (TPSA) is 65.1 Å². The van der Waals surface area contributed by atoms with E-state index in [0.717, 1.165) is 0 Å². The molecule has 6 nitrogen and oxygen atoms in total. The molecule has 0 aliphatic carbocycles. The number of hydrogen-bond donors (Lipinski definition) is 0. The zero-order valence-electron chi connectivity index (χ0n) is 11.2. The number of rotatable bonds is 5. The van der Waals surface area contributed by atoms with E-state index in [4.69, 9.17) is 14.2 Å².